The molecular weight excluding hydrogens is 548 g/mol. The van der Waals surface area contributed by atoms with Crippen molar-refractivity contribution >= 4 is 23.6 Å². The van der Waals surface area contributed by atoms with Gasteiger partial charge in [-0.05, 0) is 61.4 Å². The van der Waals surface area contributed by atoms with Crippen LogP contribution in [0.4, 0.5) is 11.6 Å². The Labute approximate surface area is 250 Å². The van der Waals surface area contributed by atoms with E-state index in [1.165, 1.54) is 0 Å². The number of para-hydroxylation sites is 1. The van der Waals surface area contributed by atoms with Gasteiger partial charge in [-0.1, -0.05) is 55.6 Å². The third kappa shape index (κ3) is 9.82. The van der Waals surface area contributed by atoms with E-state index in [1.54, 1.807) is 38.1 Å². The Balaban J connectivity index is 1.44. The average molecular weight is 581 g/mol. The molecule has 0 saturated carbocycles. The molecule has 10 nitrogen and oxygen atoms in total. The van der Waals surface area contributed by atoms with E-state index in [0.717, 1.165) is 16.8 Å². The summed E-state index contributed by atoms with van der Waals surface area (Å²) in [7, 11) is 0. The van der Waals surface area contributed by atoms with Crippen molar-refractivity contribution < 1.29 is 28.5 Å². The van der Waals surface area contributed by atoms with Gasteiger partial charge in [-0.3, -0.25) is 0 Å². The molecule has 1 heterocycles. The molecule has 0 bridgehead atoms. The zero-order valence-electron chi connectivity index (χ0n) is 24.0. The third-order valence-corrected chi connectivity index (χ3v) is 5.86. The highest BCUT2D eigenvalue weighted by Crippen LogP contribution is 2.19. The highest BCUT2D eigenvalue weighted by Gasteiger charge is 2.11. The van der Waals surface area contributed by atoms with Crippen LogP contribution in [-0.2, 0) is 31.9 Å². The van der Waals surface area contributed by atoms with Gasteiger partial charge in [0.05, 0.1) is 0 Å². The van der Waals surface area contributed by atoms with E-state index >= 15 is 0 Å². The van der Waals surface area contributed by atoms with Crippen LogP contribution >= 0.6 is 0 Å². The van der Waals surface area contributed by atoms with Gasteiger partial charge in [-0.25, -0.2) is 14.6 Å². The summed E-state index contributed by atoms with van der Waals surface area (Å²) in [4.78, 5) is 37.1. The number of hydrogen-bond acceptors (Lipinski definition) is 10. The highest BCUT2D eigenvalue weighted by molar-refractivity contribution is 5.87. The monoisotopic (exact) mass is 580 g/mol. The summed E-state index contributed by atoms with van der Waals surface area (Å²) in [6.07, 6.45) is 0.916. The number of carbonyl (C=O) groups excluding carboxylic acids is 2. The van der Waals surface area contributed by atoms with Crippen molar-refractivity contribution in [3.05, 3.63) is 126 Å². The van der Waals surface area contributed by atoms with Crippen molar-refractivity contribution in [2.75, 3.05) is 18.9 Å². The lowest BCUT2D eigenvalue weighted by Gasteiger charge is -2.11. The van der Waals surface area contributed by atoms with Crippen molar-refractivity contribution in [2.45, 2.75) is 26.7 Å². The van der Waals surface area contributed by atoms with Gasteiger partial charge in [0.1, 0.15) is 23.1 Å². The number of hydrogen-bond donors (Lipinski definition) is 1. The molecule has 0 aliphatic rings. The standard InChI is InChI=1S/C33H32N4O6/c1-22(2)31(38)42-20-40-27-14-10-24(11-15-27)18-29-35-30(37-33(36-29)34-26-8-6-5-7-9-26)19-25-12-16-28(17-13-25)41-21-43-32(39)23(3)4/h5-17H,1,3,18-21H2,2,4H3,(H,34,35,36,37). The Hall–Kier alpha value is -5.51. The van der Waals surface area contributed by atoms with E-state index in [9.17, 15) is 9.59 Å². The Morgan fingerprint density at radius 1 is 0.651 bits per heavy atom. The van der Waals surface area contributed by atoms with Crippen LogP contribution in [0.5, 0.6) is 11.5 Å². The molecule has 0 aliphatic carbocycles. The van der Waals surface area contributed by atoms with Gasteiger partial charge in [0.25, 0.3) is 0 Å². The summed E-state index contributed by atoms with van der Waals surface area (Å²) in [5, 5.41) is 3.26. The van der Waals surface area contributed by atoms with Gasteiger partial charge >= 0.3 is 11.9 Å². The number of anilines is 2. The summed E-state index contributed by atoms with van der Waals surface area (Å²) in [5.41, 5.74) is 3.39. The van der Waals surface area contributed by atoms with Crippen LogP contribution in [0.1, 0.15) is 36.6 Å². The summed E-state index contributed by atoms with van der Waals surface area (Å²) in [6, 6.07) is 24.4. The van der Waals surface area contributed by atoms with Gasteiger partial charge in [0.2, 0.25) is 19.5 Å². The second kappa shape index (κ2) is 14.9. The van der Waals surface area contributed by atoms with Crippen LogP contribution in [0.2, 0.25) is 0 Å². The first-order valence-corrected chi connectivity index (χ1v) is 13.4. The molecule has 220 valence electrons. The highest BCUT2D eigenvalue weighted by atomic mass is 16.7. The number of ether oxygens (including phenoxy) is 4. The van der Waals surface area contributed by atoms with Gasteiger partial charge < -0.3 is 24.3 Å². The molecule has 10 heteroatoms. The molecule has 0 atom stereocenters. The van der Waals surface area contributed by atoms with Crippen LogP contribution in [0, 0.1) is 0 Å². The first-order chi connectivity index (χ1) is 20.7. The van der Waals surface area contributed by atoms with Gasteiger partial charge in [-0.2, -0.15) is 9.97 Å². The van der Waals surface area contributed by atoms with Crippen LogP contribution in [0.3, 0.4) is 0 Å². The second-order valence-electron chi connectivity index (χ2n) is 9.57. The van der Waals surface area contributed by atoms with E-state index in [0.29, 0.717) is 53.1 Å². The van der Waals surface area contributed by atoms with Crippen LogP contribution in [0.15, 0.2) is 103 Å². The van der Waals surface area contributed by atoms with Crippen molar-refractivity contribution in [1.29, 1.82) is 0 Å². The molecule has 4 aromatic rings. The van der Waals surface area contributed by atoms with Gasteiger partial charge in [-0.15, -0.1) is 0 Å². The second-order valence-corrected chi connectivity index (χ2v) is 9.57. The zero-order valence-corrected chi connectivity index (χ0v) is 24.0. The molecule has 0 spiro atoms. The molecule has 3 aromatic carbocycles. The summed E-state index contributed by atoms with van der Waals surface area (Å²) in [6.45, 7) is 9.83. The van der Waals surface area contributed by atoms with Gasteiger partial charge in [0.15, 0.2) is 0 Å². The van der Waals surface area contributed by atoms with Crippen LogP contribution in [-0.4, -0.2) is 40.5 Å². The lowest BCUT2D eigenvalue weighted by atomic mass is 10.1. The Morgan fingerprint density at radius 2 is 1.09 bits per heavy atom. The molecule has 0 aliphatic heterocycles. The molecular formula is C33H32N4O6. The van der Waals surface area contributed by atoms with Gasteiger partial charge in [0, 0.05) is 29.7 Å². The number of benzene rings is 3. The lowest BCUT2D eigenvalue weighted by molar-refractivity contribution is -0.146. The molecule has 43 heavy (non-hydrogen) atoms. The first-order valence-electron chi connectivity index (χ1n) is 13.4. The van der Waals surface area contributed by atoms with E-state index in [2.05, 4.69) is 28.4 Å². The quantitative estimate of drug-likeness (QED) is 0.113. The number of rotatable bonds is 14. The minimum atomic E-state index is -0.506. The molecule has 0 unspecified atom stereocenters. The van der Waals surface area contributed by atoms with Crippen LogP contribution < -0.4 is 14.8 Å². The van der Waals surface area contributed by atoms with E-state index in [1.807, 2.05) is 54.6 Å². The molecule has 0 fully saturated rings. The van der Waals surface area contributed by atoms with Crippen molar-refractivity contribution in [3.8, 4) is 11.5 Å². The largest absolute Gasteiger partial charge is 0.457 e. The minimum absolute atomic E-state index is 0.202. The molecule has 0 saturated heterocycles. The topological polar surface area (TPSA) is 122 Å². The SMILES string of the molecule is C=C(C)C(=O)OCOc1ccc(Cc2nc(Cc3ccc(OCOC(=O)C(=C)C)cc3)nc(Nc3ccccc3)n2)cc1. The number of carbonyl (C=O) groups is 2. The lowest BCUT2D eigenvalue weighted by Crippen LogP contribution is -2.11. The van der Waals surface area contributed by atoms with Crippen molar-refractivity contribution in [2.24, 2.45) is 0 Å². The normalized spacial score (nSPS) is 10.4. The first kappa shape index (κ1) is 30.4. The maximum Gasteiger partial charge on any atom is 0.335 e. The molecule has 1 aromatic heterocycles. The Bertz CT molecular complexity index is 1480. The number of nitrogens with one attached hydrogen (secondary N) is 1. The zero-order chi connectivity index (χ0) is 30.6. The maximum atomic E-state index is 11.5. The smallest absolute Gasteiger partial charge is 0.335 e. The number of aromatic nitrogens is 3. The maximum absolute atomic E-state index is 11.5. The minimum Gasteiger partial charge on any atom is -0.457 e. The fraction of sp³-hybridized carbons (Fsp3) is 0.182. The number of esters is 2. The predicted octanol–water partition coefficient (Wildman–Crippen LogP) is 5.71. The van der Waals surface area contributed by atoms with Crippen molar-refractivity contribution in [1.82, 2.24) is 15.0 Å². The van der Waals surface area contributed by atoms with E-state index in [-0.39, 0.29) is 13.6 Å². The summed E-state index contributed by atoms with van der Waals surface area (Å²) < 4.78 is 20.9. The Morgan fingerprint density at radius 3 is 1.51 bits per heavy atom. The average Bonchev–Trinajstić information content (AvgIpc) is 2.99. The molecule has 0 amide bonds. The number of nitrogens with zero attached hydrogens (tertiary/aromatic N) is 3. The molecule has 4 rings (SSSR count). The van der Waals surface area contributed by atoms with Crippen molar-refractivity contribution in [3.63, 3.8) is 0 Å². The predicted molar refractivity (Wildman–Crippen MR) is 161 cm³/mol. The summed E-state index contributed by atoms with van der Waals surface area (Å²) in [5.74, 6) is 1.72. The van der Waals surface area contributed by atoms with Crippen LogP contribution in [0.25, 0.3) is 0 Å². The third-order valence-electron chi connectivity index (χ3n) is 5.86. The van der Waals surface area contributed by atoms with E-state index in [4.69, 9.17) is 23.9 Å². The molecule has 0 radical (unpaired) electrons. The fourth-order valence-electron chi connectivity index (χ4n) is 3.65. The fourth-order valence-corrected chi connectivity index (χ4v) is 3.65. The summed E-state index contributed by atoms with van der Waals surface area (Å²) >= 11 is 0. The van der Waals surface area contributed by atoms with E-state index < -0.39 is 11.9 Å². The molecule has 1 N–H and O–H groups in total. The Kier molecular flexibility index (Phi) is 10.6.